The molecule has 0 fully saturated rings. The van der Waals surface area contributed by atoms with Crippen LogP contribution in [0, 0.1) is 17.1 Å². The van der Waals surface area contributed by atoms with Gasteiger partial charge in [-0.2, -0.15) is 5.26 Å². The van der Waals surface area contributed by atoms with E-state index in [1.807, 2.05) is 30.3 Å². The number of thioether (sulfide) groups is 1. The van der Waals surface area contributed by atoms with Gasteiger partial charge in [0.25, 0.3) is 0 Å². The molecule has 1 aromatic heterocycles. The highest BCUT2D eigenvalue weighted by Crippen LogP contribution is 2.34. The Labute approximate surface area is 190 Å². The second-order valence-corrected chi connectivity index (χ2v) is 8.23. The topological polar surface area (TPSA) is 80.1 Å². The molecule has 0 aliphatic carbocycles. The molecule has 0 aliphatic heterocycles. The molecule has 0 radical (unpaired) electrons. The minimum atomic E-state index is -0.586. The average Bonchev–Trinajstić information content (AvgIpc) is 2.77. The summed E-state index contributed by atoms with van der Waals surface area (Å²) in [5, 5.41) is 10.2. The van der Waals surface area contributed by atoms with Crippen molar-refractivity contribution >= 4 is 23.5 Å². The molecule has 0 N–H and O–H groups in total. The number of Topliss-reactive ketones (excluding diaryl/α,β-unsaturated/α-hetero) is 1. The number of pyridine rings is 1. The minimum Gasteiger partial charge on any atom is -0.463 e. The van der Waals surface area contributed by atoms with E-state index < -0.39 is 11.8 Å². The molecule has 7 heteroatoms. The summed E-state index contributed by atoms with van der Waals surface area (Å²) in [7, 11) is 0. The van der Waals surface area contributed by atoms with Crippen LogP contribution in [0.2, 0.25) is 0 Å². The van der Waals surface area contributed by atoms with Gasteiger partial charge in [0.2, 0.25) is 0 Å². The third-order valence-electron chi connectivity index (χ3n) is 4.38. The highest BCUT2D eigenvalue weighted by molar-refractivity contribution is 8.00. The SMILES string of the molecule is CC(C)OC(=O)CC(=O)CSc1nc(-c2cccc(F)c2)cc(-c2ccccc2)c1C#N. The number of ether oxygens (including phenoxy) is 1. The van der Waals surface area contributed by atoms with Crippen LogP contribution in [0.15, 0.2) is 65.7 Å². The fraction of sp³-hybridized carbons (Fsp3) is 0.200. The first-order valence-electron chi connectivity index (χ1n) is 9.98. The molecule has 32 heavy (non-hydrogen) atoms. The summed E-state index contributed by atoms with van der Waals surface area (Å²) in [6, 6.07) is 19.3. The number of nitrogens with zero attached hydrogens (tertiary/aromatic N) is 2. The Morgan fingerprint density at radius 3 is 2.47 bits per heavy atom. The molecule has 0 saturated carbocycles. The number of nitriles is 1. The van der Waals surface area contributed by atoms with E-state index in [1.54, 1.807) is 32.0 Å². The standard InChI is InChI=1S/C25H21FN2O3S/c1-16(2)31-24(30)12-20(29)15-32-25-22(14-27)21(17-7-4-3-5-8-17)13-23(28-25)18-9-6-10-19(26)11-18/h3-11,13,16H,12,15H2,1-2H3. The van der Waals surface area contributed by atoms with Gasteiger partial charge in [0.05, 0.1) is 23.1 Å². The van der Waals surface area contributed by atoms with Crippen LogP contribution in [0.1, 0.15) is 25.8 Å². The Kier molecular flexibility index (Phi) is 7.74. The van der Waals surface area contributed by atoms with E-state index >= 15 is 0 Å². The molecule has 3 rings (SSSR count). The van der Waals surface area contributed by atoms with Crippen molar-refractivity contribution in [2.24, 2.45) is 0 Å². The third kappa shape index (κ3) is 6.02. The lowest BCUT2D eigenvalue weighted by Gasteiger charge is -2.12. The first kappa shape index (κ1) is 23.2. The molecule has 0 amide bonds. The number of aromatic nitrogens is 1. The van der Waals surface area contributed by atoms with Gasteiger partial charge in [-0.15, -0.1) is 0 Å². The smallest absolute Gasteiger partial charge is 0.313 e. The van der Waals surface area contributed by atoms with Gasteiger partial charge in [-0.25, -0.2) is 9.37 Å². The summed E-state index contributed by atoms with van der Waals surface area (Å²) < 4.78 is 18.8. The third-order valence-corrected chi connectivity index (χ3v) is 5.42. The molecular formula is C25H21FN2O3S. The zero-order chi connectivity index (χ0) is 23.1. The van der Waals surface area contributed by atoms with E-state index in [2.05, 4.69) is 11.1 Å². The van der Waals surface area contributed by atoms with Crippen molar-refractivity contribution in [3.63, 3.8) is 0 Å². The first-order chi connectivity index (χ1) is 15.4. The number of carbonyl (C=O) groups is 2. The second-order valence-electron chi connectivity index (χ2n) is 7.27. The molecule has 0 aliphatic rings. The van der Waals surface area contributed by atoms with Crippen LogP contribution in [-0.2, 0) is 14.3 Å². The van der Waals surface area contributed by atoms with Gasteiger partial charge in [-0.1, -0.05) is 54.2 Å². The molecule has 0 bridgehead atoms. The van der Waals surface area contributed by atoms with Crippen LogP contribution in [0.4, 0.5) is 4.39 Å². The number of halogens is 1. The van der Waals surface area contributed by atoms with Gasteiger partial charge in [-0.05, 0) is 37.6 Å². The molecule has 0 spiro atoms. The molecule has 0 unspecified atom stereocenters. The summed E-state index contributed by atoms with van der Waals surface area (Å²) in [6.45, 7) is 3.42. The zero-order valence-electron chi connectivity index (χ0n) is 17.7. The Bertz CT molecular complexity index is 1170. The summed E-state index contributed by atoms with van der Waals surface area (Å²) in [4.78, 5) is 28.6. The Hall–Kier alpha value is -3.50. The molecule has 0 atom stereocenters. The number of carbonyl (C=O) groups excluding carboxylic acids is 2. The molecule has 162 valence electrons. The van der Waals surface area contributed by atoms with Crippen molar-refractivity contribution in [3.05, 3.63) is 72.0 Å². The summed E-state index contributed by atoms with van der Waals surface area (Å²) >= 11 is 1.08. The molecule has 5 nitrogen and oxygen atoms in total. The zero-order valence-corrected chi connectivity index (χ0v) is 18.5. The van der Waals surface area contributed by atoms with E-state index in [4.69, 9.17) is 4.74 Å². The van der Waals surface area contributed by atoms with Gasteiger partial charge in [-0.3, -0.25) is 9.59 Å². The monoisotopic (exact) mass is 448 g/mol. The van der Waals surface area contributed by atoms with Crippen molar-refractivity contribution in [1.82, 2.24) is 4.98 Å². The first-order valence-corrected chi connectivity index (χ1v) is 11.0. The predicted octanol–water partition coefficient (Wildman–Crippen LogP) is 5.43. The van der Waals surface area contributed by atoms with Crippen LogP contribution >= 0.6 is 11.8 Å². The Morgan fingerprint density at radius 2 is 1.81 bits per heavy atom. The minimum absolute atomic E-state index is 0.0459. The lowest BCUT2D eigenvalue weighted by atomic mass is 9.99. The van der Waals surface area contributed by atoms with E-state index in [0.29, 0.717) is 27.4 Å². The lowest BCUT2D eigenvalue weighted by Crippen LogP contribution is -2.16. The molecule has 2 aromatic carbocycles. The van der Waals surface area contributed by atoms with Crippen molar-refractivity contribution in [1.29, 1.82) is 5.26 Å². The molecular weight excluding hydrogens is 427 g/mol. The maximum atomic E-state index is 13.8. The van der Waals surface area contributed by atoms with Gasteiger partial charge >= 0.3 is 5.97 Å². The number of rotatable bonds is 8. The Balaban J connectivity index is 1.97. The van der Waals surface area contributed by atoms with Crippen molar-refractivity contribution in [3.8, 4) is 28.5 Å². The quantitative estimate of drug-likeness (QED) is 0.260. The van der Waals surface area contributed by atoms with Crippen molar-refractivity contribution in [2.75, 3.05) is 5.75 Å². The van der Waals surface area contributed by atoms with Crippen LogP contribution in [-0.4, -0.2) is 28.6 Å². The van der Waals surface area contributed by atoms with Crippen LogP contribution in [0.5, 0.6) is 0 Å². The molecule has 0 saturated heterocycles. The summed E-state index contributed by atoms with van der Waals surface area (Å²) in [5.41, 5.74) is 2.80. The predicted molar refractivity (Wildman–Crippen MR) is 121 cm³/mol. The van der Waals surface area contributed by atoms with Crippen molar-refractivity contribution < 1.29 is 18.7 Å². The summed E-state index contributed by atoms with van der Waals surface area (Å²) in [5.74, 6) is -1.36. The largest absolute Gasteiger partial charge is 0.463 e. The summed E-state index contributed by atoms with van der Waals surface area (Å²) in [6.07, 6.45) is -0.645. The van der Waals surface area contributed by atoms with Crippen LogP contribution in [0.25, 0.3) is 22.4 Å². The highest BCUT2D eigenvalue weighted by Gasteiger charge is 2.18. The Morgan fingerprint density at radius 1 is 1.09 bits per heavy atom. The number of ketones is 1. The number of benzene rings is 2. The second kappa shape index (κ2) is 10.7. The highest BCUT2D eigenvalue weighted by atomic mass is 32.2. The number of hydrogen-bond donors (Lipinski definition) is 0. The number of esters is 1. The fourth-order valence-electron chi connectivity index (χ4n) is 3.04. The normalized spacial score (nSPS) is 10.6. The van der Waals surface area contributed by atoms with Gasteiger partial charge in [0.1, 0.15) is 23.3 Å². The maximum absolute atomic E-state index is 13.8. The van der Waals surface area contributed by atoms with Gasteiger partial charge in [0.15, 0.2) is 5.78 Å². The number of hydrogen-bond acceptors (Lipinski definition) is 6. The average molecular weight is 449 g/mol. The van der Waals surface area contributed by atoms with Crippen molar-refractivity contribution in [2.45, 2.75) is 31.4 Å². The molecule has 1 heterocycles. The van der Waals surface area contributed by atoms with E-state index in [1.165, 1.54) is 12.1 Å². The fourth-order valence-corrected chi connectivity index (χ4v) is 3.90. The van der Waals surface area contributed by atoms with E-state index in [-0.39, 0.29) is 24.1 Å². The van der Waals surface area contributed by atoms with E-state index in [9.17, 15) is 19.2 Å². The maximum Gasteiger partial charge on any atom is 0.313 e. The van der Waals surface area contributed by atoms with Gasteiger partial charge in [0, 0.05) is 11.1 Å². The molecule has 3 aromatic rings. The van der Waals surface area contributed by atoms with Crippen LogP contribution in [0.3, 0.4) is 0 Å². The lowest BCUT2D eigenvalue weighted by molar-refractivity contribution is -0.149. The van der Waals surface area contributed by atoms with E-state index in [0.717, 1.165) is 17.3 Å². The van der Waals surface area contributed by atoms with Gasteiger partial charge < -0.3 is 4.74 Å². The van der Waals surface area contributed by atoms with Crippen LogP contribution < -0.4 is 0 Å².